The van der Waals surface area contributed by atoms with Crippen molar-refractivity contribution >= 4 is 23.4 Å². The van der Waals surface area contributed by atoms with E-state index in [1.807, 2.05) is 30.3 Å². The summed E-state index contributed by atoms with van der Waals surface area (Å²) in [4.78, 5) is 8.15. The maximum atomic E-state index is 10.2. The zero-order chi connectivity index (χ0) is 17.8. The van der Waals surface area contributed by atoms with Crippen LogP contribution in [-0.4, -0.2) is 38.9 Å². The summed E-state index contributed by atoms with van der Waals surface area (Å²) in [5, 5.41) is 22.8. The average molecular weight is 359 g/mol. The summed E-state index contributed by atoms with van der Waals surface area (Å²) in [7, 11) is 0. The summed E-state index contributed by atoms with van der Waals surface area (Å²) in [6, 6.07) is 9.23. The summed E-state index contributed by atoms with van der Waals surface area (Å²) in [5.41, 5.74) is 6.97. The Bertz CT molecular complexity index is 804. The molecule has 0 amide bonds. The molecule has 1 aromatic carbocycles. The predicted molar refractivity (Wildman–Crippen MR) is 97.1 cm³/mol. The quantitative estimate of drug-likeness (QED) is 0.491. The third kappa shape index (κ3) is 4.20. The number of aliphatic hydroxyl groups is 2. The summed E-state index contributed by atoms with van der Waals surface area (Å²) in [6.07, 6.45) is 0.583. The maximum absolute atomic E-state index is 10.2. The van der Waals surface area contributed by atoms with E-state index < -0.39 is 6.10 Å². The van der Waals surface area contributed by atoms with Crippen LogP contribution in [0.2, 0.25) is 5.15 Å². The topological polar surface area (TPSA) is 104 Å². The maximum Gasteiger partial charge on any atom is 0.223 e. The number of hydrogen-bond donors (Lipinski definition) is 4. The van der Waals surface area contributed by atoms with Crippen molar-refractivity contribution in [2.45, 2.75) is 25.0 Å². The fourth-order valence-corrected chi connectivity index (χ4v) is 3.14. The first-order valence-corrected chi connectivity index (χ1v) is 8.40. The van der Waals surface area contributed by atoms with Crippen LogP contribution in [0.3, 0.4) is 0 Å². The summed E-state index contributed by atoms with van der Waals surface area (Å²) in [5.74, 6) is 6.48. The van der Waals surface area contributed by atoms with Gasteiger partial charge in [-0.05, 0) is 30.9 Å². The molecule has 3 atom stereocenters. The molecule has 25 heavy (non-hydrogen) atoms. The lowest BCUT2D eigenvalue weighted by molar-refractivity contribution is 0.157. The highest BCUT2D eigenvalue weighted by Crippen LogP contribution is 2.30. The smallest absolute Gasteiger partial charge is 0.223 e. The van der Waals surface area contributed by atoms with E-state index in [0.717, 1.165) is 5.56 Å². The fraction of sp³-hybridized carbons (Fsp3) is 0.333. The third-order valence-corrected chi connectivity index (χ3v) is 4.47. The van der Waals surface area contributed by atoms with E-state index in [1.165, 1.54) is 0 Å². The number of halogens is 1. The van der Waals surface area contributed by atoms with Crippen molar-refractivity contribution < 1.29 is 10.2 Å². The van der Waals surface area contributed by atoms with Crippen LogP contribution in [0.1, 0.15) is 24.0 Å². The number of aromatic nitrogens is 2. The van der Waals surface area contributed by atoms with Gasteiger partial charge in [-0.15, -0.1) is 0 Å². The number of nitrogens with zero attached hydrogens (tertiary/aromatic N) is 2. The van der Waals surface area contributed by atoms with Gasteiger partial charge in [-0.1, -0.05) is 41.6 Å². The van der Waals surface area contributed by atoms with Crippen molar-refractivity contribution in [3.8, 4) is 11.8 Å². The molecule has 1 saturated carbocycles. The van der Waals surface area contributed by atoms with E-state index in [1.54, 1.807) is 0 Å². The molecule has 0 bridgehead atoms. The normalized spacial score (nSPS) is 22.3. The van der Waals surface area contributed by atoms with Crippen LogP contribution in [0.15, 0.2) is 30.3 Å². The molecule has 0 spiro atoms. The minimum Gasteiger partial charge on any atom is -0.396 e. The molecule has 2 aromatic rings. The SMILES string of the molecule is Nc1nc(Cl)c(C#Cc2ccccc2)c(N[C@@H]2C[C@H](CO)C[C@H]2O)n1. The standard InChI is InChI=1S/C18H19ClN4O2/c19-16-13(7-6-11-4-2-1-3-5-11)17(23-18(20)22-16)21-14-8-12(10-24)9-15(14)25/h1-5,12,14-15,24-25H,8-10H2,(H3,20,21,22,23)/t12-,14+,15+/m0/s1. The molecular weight excluding hydrogens is 340 g/mol. The van der Waals surface area contributed by atoms with Crippen LogP contribution in [-0.2, 0) is 0 Å². The van der Waals surface area contributed by atoms with Gasteiger partial charge in [-0.3, -0.25) is 0 Å². The molecule has 1 heterocycles. The Labute approximate surface area is 151 Å². The number of aliphatic hydroxyl groups excluding tert-OH is 2. The van der Waals surface area contributed by atoms with E-state index in [0.29, 0.717) is 24.2 Å². The molecule has 1 aliphatic carbocycles. The second kappa shape index (κ2) is 7.70. The first-order chi connectivity index (χ1) is 12.1. The average Bonchev–Trinajstić information content (AvgIpc) is 2.95. The zero-order valence-corrected chi connectivity index (χ0v) is 14.2. The van der Waals surface area contributed by atoms with Crippen molar-refractivity contribution in [3.63, 3.8) is 0 Å². The second-order valence-electron chi connectivity index (χ2n) is 6.05. The van der Waals surface area contributed by atoms with Gasteiger partial charge in [-0.25, -0.2) is 0 Å². The van der Waals surface area contributed by atoms with Crippen LogP contribution in [0, 0.1) is 17.8 Å². The van der Waals surface area contributed by atoms with E-state index in [-0.39, 0.29) is 29.7 Å². The fourth-order valence-electron chi connectivity index (χ4n) is 2.92. The number of nitrogens with two attached hydrogens (primary N) is 1. The first-order valence-electron chi connectivity index (χ1n) is 8.02. The first kappa shape index (κ1) is 17.5. The third-order valence-electron chi connectivity index (χ3n) is 4.19. The van der Waals surface area contributed by atoms with Crippen molar-refractivity contribution in [2.75, 3.05) is 17.7 Å². The number of hydrogen-bond acceptors (Lipinski definition) is 6. The minimum absolute atomic E-state index is 0.0314. The van der Waals surface area contributed by atoms with Gasteiger partial charge in [0.2, 0.25) is 5.95 Å². The summed E-state index contributed by atoms with van der Waals surface area (Å²) in [6.45, 7) is 0.0442. The summed E-state index contributed by atoms with van der Waals surface area (Å²) >= 11 is 6.20. The molecule has 1 aromatic heterocycles. The van der Waals surface area contributed by atoms with Gasteiger partial charge in [0.1, 0.15) is 11.4 Å². The highest BCUT2D eigenvalue weighted by Gasteiger charge is 2.33. The lowest BCUT2D eigenvalue weighted by Gasteiger charge is -2.18. The Morgan fingerprint density at radius 1 is 1.20 bits per heavy atom. The zero-order valence-electron chi connectivity index (χ0n) is 13.5. The van der Waals surface area contributed by atoms with Crippen molar-refractivity contribution in [2.24, 2.45) is 5.92 Å². The van der Waals surface area contributed by atoms with Gasteiger partial charge in [0, 0.05) is 12.2 Å². The van der Waals surface area contributed by atoms with Crippen LogP contribution in [0.25, 0.3) is 0 Å². The Morgan fingerprint density at radius 2 is 1.96 bits per heavy atom. The van der Waals surface area contributed by atoms with Crippen LogP contribution in [0.4, 0.5) is 11.8 Å². The van der Waals surface area contributed by atoms with E-state index >= 15 is 0 Å². The number of nitrogens with one attached hydrogen (secondary N) is 1. The molecule has 1 aliphatic rings. The molecule has 3 rings (SSSR count). The van der Waals surface area contributed by atoms with Crippen LogP contribution in [0.5, 0.6) is 0 Å². The second-order valence-corrected chi connectivity index (χ2v) is 6.41. The van der Waals surface area contributed by atoms with Gasteiger partial charge in [-0.2, -0.15) is 9.97 Å². The number of nitrogen functional groups attached to an aromatic ring is 1. The van der Waals surface area contributed by atoms with E-state index in [2.05, 4.69) is 27.1 Å². The Kier molecular flexibility index (Phi) is 5.39. The predicted octanol–water partition coefficient (Wildman–Crippen LogP) is 1.66. The van der Waals surface area contributed by atoms with E-state index in [9.17, 15) is 10.2 Å². The van der Waals surface area contributed by atoms with Crippen molar-refractivity contribution in [1.29, 1.82) is 0 Å². The minimum atomic E-state index is -0.581. The molecule has 130 valence electrons. The Morgan fingerprint density at radius 3 is 2.64 bits per heavy atom. The lowest BCUT2D eigenvalue weighted by Crippen LogP contribution is -2.29. The molecule has 7 heteroatoms. The molecule has 1 fully saturated rings. The number of benzene rings is 1. The molecule has 0 saturated heterocycles. The molecule has 0 aliphatic heterocycles. The number of rotatable bonds is 3. The van der Waals surface area contributed by atoms with Gasteiger partial charge >= 0.3 is 0 Å². The van der Waals surface area contributed by atoms with Crippen LogP contribution >= 0.6 is 11.6 Å². The van der Waals surface area contributed by atoms with Crippen molar-refractivity contribution in [1.82, 2.24) is 9.97 Å². The largest absolute Gasteiger partial charge is 0.396 e. The molecule has 0 unspecified atom stereocenters. The molecular formula is C18H19ClN4O2. The van der Waals surface area contributed by atoms with Gasteiger partial charge in [0.05, 0.1) is 12.1 Å². The van der Waals surface area contributed by atoms with Gasteiger partial charge in [0.15, 0.2) is 5.15 Å². The lowest BCUT2D eigenvalue weighted by atomic mass is 10.1. The molecule has 6 nitrogen and oxygen atoms in total. The monoisotopic (exact) mass is 358 g/mol. The van der Waals surface area contributed by atoms with Gasteiger partial charge < -0.3 is 21.3 Å². The number of anilines is 2. The highest BCUT2D eigenvalue weighted by molar-refractivity contribution is 6.31. The van der Waals surface area contributed by atoms with Crippen molar-refractivity contribution in [3.05, 3.63) is 46.6 Å². The van der Waals surface area contributed by atoms with Crippen LogP contribution < -0.4 is 11.1 Å². The molecule has 5 N–H and O–H groups in total. The Hall–Kier alpha value is -2.33. The van der Waals surface area contributed by atoms with Gasteiger partial charge in [0.25, 0.3) is 0 Å². The van der Waals surface area contributed by atoms with E-state index in [4.69, 9.17) is 17.3 Å². The Balaban J connectivity index is 1.90. The summed E-state index contributed by atoms with van der Waals surface area (Å²) < 4.78 is 0. The highest BCUT2D eigenvalue weighted by atomic mass is 35.5. The molecule has 0 radical (unpaired) electrons.